The van der Waals surface area contributed by atoms with Crippen molar-refractivity contribution in [1.82, 2.24) is 9.88 Å². The van der Waals surface area contributed by atoms with E-state index in [2.05, 4.69) is 11.4 Å². The molecule has 2 amide bonds. The lowest BCUT2D eigenvalue weighted by atomic mass is 9.95. The van der Waals surface area contributed by atoms with Crippen LogP contribution < -0.4 is 10.2 Å². The van der Waals surface area contributed by atoms with Crippen molar-refractivity contribution in [3.63, 3.8) is 0 Å². The number of anilines is 1. The molecule has 1 N–H and O–H groups in total. The van der Waals surface area contributed by atoms with E-state index in [0.717, 1.165) is 22.2 Å². The third-order valence-electron chi connectivity index (χ3n) is 5.44. The Labute approximate surface area is 171 Å². The van der Waals surface area contributed by atoms with E-state index in [1.54, 1.807) is 4.90 Å². The van der Waals surface area contributed by atoms with Crippen LogP contribution in [-0.2, 0) is 16.6 Å². The van der Waals surface area contributed by atoms with Crippen molar-refractivity contribution in [2.45, 2.75) is 44.7 Å². The van der Waals surface area contributed by atoms with Gasteiger partial charge in [0.05, 0.1) is 5.92 Å². The first-order valence-corrected chi connectivity index (χ1v) is 10.0. The summed E-state index contributed by atoms with van der Waals surface area (Å²) in [5.74, 6) is -0.490. The molecule has 0 aliphatic carbocycles. The summed E-state index contributed by atoms with van der Waals surface area (Å²) >= 11 is 0. The van der Waals surface area contributed by atoms with Gasteiger partial charge in [-0.2, -0.15) is 0 Å². The van der Waals surface area contributed by atoms with E-state index in [1.807, 2.05) is 87.1 Å². The highest BCUT2D eigenvalue weighted by Crippen LogP contribution is 2.39. The lowest BCUT2D eigenvalue weighted by Gasteiger charge is -2.28. The first kappa shape index (κ1) is 19.2. The molecular weight excluding hydrogens is 362 g/mol. The third kappa shape index (κ3) is 3.53. The van der Waals surface area contributed by atoms with Crippen molar-refractivity contribution >= 4 is 28.4 Å². The Hall–Kier alpha value is -3.08. The Kier molecular flexibility index (Phi) is 4.69. The number of aryl methyl sites for hydroxylation is 1. The maximum Gasteiger partial charge on any atom is 0.243 e. The molecule has 2 aromatic carbocycles. The molecule has 0 saturated carbocycles. The monoisotopic (exact) mass is 389 g/mol. The van der Waals surface area contributed by atoms with Crippen LogP contribution in [0.25, 0.3) is 10.9 Å². The highest BCUT2D eigenvalue weighted by atomic mass is 16.2. The van der Waals surface area contributed by atoms with Gasteiger partial charge in [0, 0.05) is 35.4 Å². The van der Waals surface area contributed by atoms with Crippen molar-refractivity contribution in [2.75, 3.05) is 4.90 Å². The molecule has 0 bridgehead atoms. The molecule has 1 saturated heterocycles. The van der Waals surface area contributed by atoms with Gasteiger partial charge in [-0.25, -0.2) is 0 Å². The SMILES string of the molecule is Cn1cc([C@H]2CC(C(=O)NC(C)(C)C)N(c3ccccc3)C2=O)c2ccccc21. The lowest BCUT2D eigenvalue weighted by molar-refractivity contribution is -0.125. The number of nitrogens with one attached hydrogen (secondary N) is 1. The number of hydrogen-bond donors (Lipinski definition) is 1. The Morgan fingerprint density at radius 2 is 1.69 bits per heavy atom. The molecule has 4 rings (SSSR count). The van der Waals surface area contributed by atoms with Gasteiger partial charge in [0.1, 0.15) is 6.04 Å². The van der Waals surface area contributed by atoms with Crippen molar-refractivity contribution < 1.29 is 9.59 Å². The van der Waals surface area contributed by atoms with Gasteiger partial charge in [0.25, 0.3) is 0 Å². The van der Waals surface area contributed by atoms with Crippen LogP contribution in [0.1, 0.15) is 38.7 Å². The topological polar surface area (TPSA) is 54.3 Å². The second kappa shape index (κ2) is 7.07. The van der Waals surface area contributed by atoms with E-state index in [9.17, 15) is 9.59 Å². The predicted octanol–water partition coefficient (Wildman–Crippen LogP) is 3.98. The largest absolute Gasteiger partial charge is 0.350 e. The average Bonchev–Trinajstić information content (AvgIpc) is 3.19. The van der Waals surface area contributed by atoms with Gasteiger partial charge < -0.3 is 9.88 Å². The number of amides is 2. The van der Waals surface area contributed by atoms with Gasteiger partial charge in [-0.15, -0.1) is 0 Å². The van der Waals surface area contributed by atoms with Crippen LogP contribution in [0, 0.1) is 0 Å². The van der Waals surface area contributed by atoms with Crippen LogP contribution in [0.5, 0.6) is 0 Å². The number of benzene rings is 2. The lowest BCUT2D eigenvalue weighted by Crippen LogP contribution is -2.50. The second-order valence-corrected chi connectivity index (χ2v) is 8.80. The summed E-state index contributed by atoms with van der Waals surface area (Å²) in [5.41, 5.74) is 2.47. The molecule has 5 nitrogen and oxygen atoms in total. The minimum atomic E-state index is -0.534. The van der Waals surface area contributed by atoms with E-state index >= 15 is 0 Å². The van der Waals surface area contributed by atoms with Gasteiger partial charge in [0.15, 0.2) is 0 Å². The molecule has 1 unspecified atom stereocenters. The molecule has 3 aromatic rings. The third-order valence-corrected chi connectivity index (χ3v) is 5.44. The quantitative estimate of drug-likeness (QED) is 0.737. The number of rotatable bonds is 3. The van der Waals surface area contributed by atoms with Crippen LogP contribution in [-0.4, -0.2) is 28.0 Å². The van der Waals surface area contributed by atoms with Gasteiger partial charge in [-0.05, 0) is 51.0 Å². The molecule has 29 heavy (non-hydrogen) atoms. The summed E-state index contributed by atoms with van der Waals surface area (Å²) in [7, 11) is 1.99. The zero-order chi connectivity index (χ0) is 20.8. The fourth-order valence-electron chi connectivity index (χ4n) is 4.23. The number of nitrogens with zero attached hydrogens (tertiary/aromatic N) is 2. The van der Waals surface area contributed by atoms with Crippen molar-refractivity contribution in [3.05, 3.63) is 66.4 Å². The predicted molar refractivity (Wildman–Crippen MR) is 116 cm³/mol. The van der Waals surface area contributed by atoms with E-state index in [-0.39, 0.29) is 23.3 Å². The van der Waals surface area contributed by atoms with Crippen LogP contribution in [0.15, 0.2) is 60.8 Å². The summed E-state index contributed by atoms with van der Waals surface area (Å²) in [4.78, 5) is 28.4. The number of fused-ring (bicyclic) bond motifs is 1. The Bertz CT molecular complexity index is 1060. The Morgan fingerprint density at radius 1 is 1.03 bits per heavy atom. The van der Waals surface area contributed by atoms with Crippen LogP contribution in [0.3, 0.4) is 0 Å². The second-order valence-electron chi connectivity index (χ2n) is 8.80. The van der Waals surface area contributed by atoms with Crippen LogP contribution >= 0.6 is 0 Å². The van der Waals surface area contributed by atoms with Crippen molar-refractivity contribution in [3.8, 4) is 0 Å². The number of para-hydroxylation sites is 2. The van der Waals surface area contributed by atoms with E-state index in [4.69, 9.17) is 0 Å². The summed E-state index contributed by atoms with van der Waals surface area (Å²) in [5, 5.41) is 4.13. The molecule has 0 spiro atoms. The van der Waals surface area contributed by atoms with Crippen LogP contribution in [0.2, 0.25) is 0 Å². The molecule has 1 aromatic heterocycles. The fraction of sp³-hybridized carbons (Fsp3) is 0.333. The maximum atomic E-state index is 13.6. The number of aromatic nitrogens is 1. The smallest absolute Gasteiger partial charge is 0.243 e. The molecule has 5 heteroatoms. The average molecular weight is 389 g/mol. The molecule has 1 fully saturated rings. The maximum absolute atomic E-state index is 13.6. The molecular formula is C24H27N3O2. The van der Waals surface area contributed by atoms with Gasteiger partial charge >= 0.3 is 0 Å². The summed E-state index contributed by atoms with van der Waals surface area (Å²) < 4.78 is 2.05. The molecule has 1 aliphatic heterocycles. The van der Waals surface area contributed by atoms with Gasteiger partial charge in [-0.1, -0.05) is 36.4 Å². The van der Waals surface area contributed by atoms with E-state index < -0.39 is 6.04 Å². The van der Waals surface area contributed by atoms with Crippen molar-refractivity contribution in [2.24, 2.45) is 7.05 Å². The molecule has 2 heterocycles. The Balaban J connectivity index is 1.77. The van der Waals surface area contributed by atoms with Gasteiger partial charge in [-0.3, -0.25) is 14.5 Å². The fourth-order valence-corrected chi connectivity index (χ4v) is 4.23. The highest BCUT2D eigenvalue weighted by Gasteiger charge is 2.46. The zero-order valence-electron chi connectivity index (χ0n) is 17.3. The summed E-state index contributed by atoms with van der Waals surface area (Å²) in [6.45, 7) is 5.87. The van der Waals surface area contributed by atoms with E-state index in [1.165, 1.54) is 0 Å². The van der Waals surface area contributed by atoms with E-state index in [0.29, 0.717) is 6.42 Å². The molecule has 2 atom stereocenters. The summed E-state index contributed by atoms with van der Waals surface area (Å²) in [6, 6.07) is 17.0. The summed E-state index contributed by atoms with van der Waals surface area (Å²) in [6.07, 6.45) is 2.49. The minimum absolute atomic E-state index is 0.0263. The first-order chi connectivity index (χ1) is 13.8. The number of carbonyl (C=O) groups excluding carboxylic acids is 2. The van der Waals surface area contributed by atoms with Gasteiger partial charge in [0.2, 0.25) is 11.8 Å². The number of carbonyl (C=O) groups is 2. The molecule has 1 aliphatic rings. The molecule has 150 valence electrons. The van der Waals surface area contributed by atoms with Crippen molar-refractivity contribution in [1.29, 1.82) is 0 Å². The first-order valence-electron chi connectivity index (χ1n) is 10.0. The standard InChI is InChI=1S/C24H27N3O2/c1-24(2,3)25-22(28)21-14-18(23(29)27(21)16-10-6-5-7-11-16)19-15-26(4)20-13-9-8-12-17(19)20/h5-13,15,18,21H,14H2,1-4H3,(H,25,28)/t18-,21?/m1/s1. The normalized spacial score (nSPS) is 19.7. The minimum Gasteiger partial charge on any atom is -0.350 e. The van der Waals surface area contributed by atoms with Crippen LogP contribution in [0.4, 0.5) is 5.69 Å². The highest BCUT2D eigenvalue weighted by molar-refractivity contribution is 6.08. The zero-order valence-corrected chi connectivity index (χ0v) is 17.3. The molecule has 0 radical (unpaired) electrons. The Morgan fingerprint density at radius 3 is 2.38 bits per heavy atom. The number of hydrogen-bond acceptors (Lipinski definition) is 2.